The monoisotopic (exact) mass is 255 g/mol. The van der Waals surface area contributed by atoms with E-state index in [9.17, 15) is 4.79 Å². The summed E-state index contributed by atoms with van der Waals surface area (Å²) in [6.07, 6.45) is 4.07. The summed E-state index contributed by atoms with van der Waals surface area (Å²) < 4.78 is 6.51. The Morgan fingerprint density at radius 2 is 2.59 bits per heavy atom. The number of allylic oxidation sites excluding steroid dienone is 1. The Hall–Kier alpha value is -1.33. The van der Waals surface area contributed by atoms with Gasteiger partial charge in [-0.15, -0.1) is 6.58 Å². The standard InChI is InChI=1S/C11H14ClN3O2/c1-2-4-15-11(16)10(12)9(6-13-15)14-8-3-5-17-7-8/h2,6,8,14H,1,3-5,7H2. The molecule has 5 nitrogen and oxygen atoms in total. The summed E-state index contributed by atoms with van der Waals surface area (Å²) in [4.78, 5) is 11.8. The molecular formula is C11H14ClN3O2. The quantitative estimate of drug-likeness (QED) is 0.824. The maximum absolute atomic E-state index is 11.8. The van der Waals surface area contributed by atoms with E-state index in [2.05, 4.69) is 17.0 Å². The molecule has 0 bridgehead atoms. The maximum atomic E-state index is 11.8. The minimum atomic E-state index is -0.310. The van der Waals surface area contributed by atoms with Crippen LogP contribution in [-0.2, 0) is 11.3 Å². The summed E-state index contributed by atoms with van der Waals surface area (Å²) in [6, 6.07) is 0.198. The number of hydrogen-bond donors (Lipinski definition) is 1. The minimum absolute atomic E-state index is 0.161. The lowest BCUT2D eigenvalue weighted by atomic mass is 10.2. The SMILES string of the molecule is C=CCn1ncc(NC2CCOC2)c(Cl)c1=O. The number of hydrogen-bond acceptors (Lipinski definition) is 4. The maximum Gasteiger partial charge on any atom is 0.287 e. The van der Waals surface area contributed by atoms with E-state index in [0.717, 1.165) is 13.0 Å². The summed E-state index contributed by atoms with van der Waals surface area (Å²) in [5, 5.41) is 7.34. The van der Waals surface area contributed by atoms with Gasteiger partial charge in [0, 0.05) is 6.61 Å². The van der Waals surface area contributed by atoms with E-state index in [-0.39, 0.29) is 16.6 Å². The highest BCUT2D eigenvalue weighted by atomic mass is 35.5. The number of anilines is 1. The first-order valence-electron chi connectivity index (χ1n) is 5.43. The molecule has 0 aromatic carbocycles. The average molecular weight is 256 g/mol. The second kappa shape index (κ2) is 5.33. The highest BCUT2D eigenvalue weighted by Crippen LogP contribution is 2.18. The van der Waals surface area contributed by atoms with Gasteiger partial charge < -0.3 is 10.1 Å². The molecular weight excluding hydrogens is 242 g/mol. The van der Waals surface area contributed by atoms with Crippen LogP contribution >= 0.6 is 11.6 Å². The molecule has 0 amide bonds. The van der Waals surface area contributed by atoms with E-state index in [1.165, 1.54) is 4.68 Å². The summed E-state index contributed by atoms with van der Waals surface area (Å²) in [5.41, 5.74) is 0.253. The highest BCUT2D eigenvalue weighted by Gasteiger charge is 2.17. The van der Waals surface area contributed by atoms with Gasteiger partial charge in [-0.1, -0.05) is 17.7 Å². The van der Waals surface area contributed by atoms with Crippen molar-refractivity contribution in [1.82, 2.24) is 9.78 Å². The summed E-state index contributed by atoms with van der Waals surface area (Å²) in [6.45, 7) is 5.27. The smallest absolute Gasteiger partial charge is 0.287 e. The predicted octanol–water partition coefficient (Wildman–Crippen LogP) is 1.28. The molecule has 1 fully saturated rings. The fraction of sp³-hybridized carbons (Fsp3) is 0.455. The molecule has 1 aromatic heterocycles. The lowest BCUT2D eigenvalue weighted by molar-refractivity contribution is 0.195. The molecule has 1 atom stereocenters. The third kappa shape index (κ3) is 2.68. The van der Waals surface area contributed by atoms with Crippen LogP contribution in [0.15, 0.2) is 23.6 Å². The van der Waals surface area contributed by atoms with Crippen molar-refractivity contribution in [3.63, 3.8) is 0 Å². The fourth-order valence-electron chi connectivity index (χ4n) is 1.69. The van der Waals surface area contributed by atoms with Gasteiger partial charge in [-0.3, -0.25) is 4.79 Å². The van der Waals surface area contributed by atoms with Crippen LogP contribution in [0.4, 0.5) is 5.69 Å². The molecule has 0 aliphatic carbocycles. The van der Waals surface area contributed by atoms with Crippen molar-refractivity contribution >= 4 is 17.3 Å². The van der Waals surface area contributed by atoms with E-state index in [1.54, 1.807) is 12.3 Å². The number of rotatable bonds is 4. The van der Waals surface area contributed by atoms with Crippen molar-refractivity contribution in [2.45, 2.75) is 19.0 Å². The molecule has 92 valence electrons. The Morgan fingerprint density at radius 1 is 1.76 bits per heavy atom. The van der Waals surface area contributed by atoms with Gasteiger partial charge in [0.05, 0.1) is 31.1 Å². The molecule has 1 aliphatic heterocycles. The van der Waals surface area contributed by atoms with Crippen LogP contribution in [0.1, 0.15) is 6.42 Å². The van der Waals surface area contributed by atoms with Crippen molar-refractivity contribution < 1.29 is 4.74 Å². The molecule has 17 heavy (non-hydrogen) atoms. The van der Waals surface area contributed by atoms with Gasteiger partial charge in [0.2, 0.25) is 0 Å². The molecule has 0 spiro atoms. The number of ether oxygens (including phenoxy) is 1. The van der Waals surface area contributed by atoms with Crippen molar-refractivity contribution in [2.75, 3.05) is 18.5 Å². The van der Waals surface area contributed by atoms with Crippen molar-refractivity contribution in [1.29, 1.82) is 0 Å². The predicted molar refractivity (Wildman–Crippen MR) is 66.6 cm³/mol. The number of halogens is 1. The summed E-state index contributed by atoms with van der Waals surface area (Å²) in [7, 11) is 0. The number of nitrogens with zero attached hydrogens (tertiary/aromatic N) is 2. The van der Waals surface area contributed by atoms with Gasteiger partial charge in [0.1, 0.15) is 5.02 Å². The molecule has 6 heteroatoms. The lowest BCUT2D eigenvalue weighted by Gasteiger charge is -2.13. The molecule has 1 aliphatic rings. The zero-order valence-corrected chi connectivity index (χ0v) is 10.1. The van der Waals surface area contributed by atoms with Gasteiger partial charge in [0.15, 0.2) is 0 Å². The lowest BCUT2D eigenvalue weighted by Crippen LogP contribution is -2.26. The number of aromatic nitrogens is 2. The minimum Gasteiger partial charge on any atom is -0.379 e. The van der Waals surface area contributed by atoms with Crippen LogP contribution in [0.5, 0.6) is 0 Å². The third-order valence-electron chi connectivity index (χ3n) is 2.58. The summed E-state index contributed by atoms with van der Waals surface area (Å²) >= 11 is 6.00. The van der Waals surface area contributed by atoms with Crippen LogP contribution in [0.2, 0.25) is 5.02 Å². The highest BCUT2D eigenvalue weighted by molar-refractivity contribution is 6.32. The van der Waals surface area contributed by atoms with E-state index in [4.69, 9.17) is 16.3 Å². The van der Waals surface area contributed by atoms with E-state index in [1.807, 2.05) is 0 Å². The van der Waals surface area contributed by atoms with Crippen LogP contribution in [0, 0.1) is 0 Å². The van der Waals surface area contributed by atoms with Gasteiger partial charge >= 0.3 is 0 Å². The van der Waals surface area contributed by atoms with Crippen LogP contribution in [-0.4, -0.2) is 29.0 Å². The molecule has 0 radical (unpaired) electrons. The van der Waals surface area contributed by atoms with E-state index in [0.29, 0.717) is 18.8 Å². The van der Waals surface area contributed by atoms with Crippen LogP contribution in [0.25, 0.3) is 0 Å². The van der Waals surface area contributed by atoms with Crippen LogP contribution in [0.3, 0.4) is 0 Å². The van der Waals surface area contributed by atoms with Gasteiger partial charge in [0.25, 0.3) is 5.56 Å². The van der Waals surface area contributed by atoms with Crippen molar-refractivity contribution in [3.8, 4) is 0 Å². The zero-order valence-electron chi connectivity index (χ0n) is 9.36. The third-order valence-corrected chi connectivity index (χ3v) is 2.94. The first-order valence-corrected chi connectivity index (χ1v) is 5.81. The van der Waals surface area contributed by atoms with Crippen LogP contribution < -0.4 is 10.9 Å². The Bertz CT molecular complexity index is 466. The first-order chi connectivity index (χ1) is 8.22. The normalized spacial score (nSPS) is 19.2. The average Bonchev–Trinajstić information content (AvgIpc) is 2.82. The molecule has 1 aromatic rings. The molecule has 2 heterocycles. The molecule has 1 saturated heterocycles. The zero-order chi connectivity index (χ0) is 12.3. The van der Waals surface area contributed by atoms with E-state index >= 15 is 0 Å². The Morgan fingerprint density at radius 3 is 3.24 bits per heavy atom. The first kappa shape index (κ1) is 12.1. The number of nitrogens with one attached hydrogen (secondary N) is 1. The molecule has 1 N–H and O–H groups in total. The molecule has 1 unspecified atom stereocenters. The Kier molecular flexibility index (Phi) is 3.81. The fourth-order valence-corrected chi connectivity index (χ4v) is 1.89. The van der Waals surface area contributed by atoms with Gasteiger partial charge in [-0.05, 0) is 6.42 Å². The molecule has 0 saturated carbocycles. The largest absolute Gasteiger partial charge is 0.379 e. The van der Waals surface area contributed by atoms with Gasteiger partial charge in [-0.2, -0.15) is 5.10 Å². The van der Waals surface area contributed by atoms with Gasteiger partial charge in [-0.25, -0.2) is 4.68 Å². The Labute approximate surface area is 104 Å². The summed E-state index contributed by atoms with van der Waals surface area (Å²) in [5.74, 6) is 0. The van der Waals surface area contributed by atoms with Crippen molar-refractivity contribution in [2.24, 2.45) is 0 Å². The van der Waals surface area contributed by atoms with E-state index < -0.39 is 0 Å². The van der Waals surface area contributed by atoms with Crippen molar-refractivity contribution in [3.05, 3.63) is 34.2 Å². The Balaban J connectivity index is 2.20. The topological polar surface area (TPSA) is 56.1 Å². The second-order valence-corrected chi connectivity index (χ2v) is 4.23. The second-order valence-electron chi connectivity index (χ2n) is 3.85. The molecule has 2 rings (SSSR count).